The summed E-state index contributed by atoms with van der Waals surface area (Å²) in [4.78, 5) is 14.8. The Morgan fingerprint density at radius 2 is 0.930 bits per heavy atom. The highest BCUT2D eigenvalue weighted by Gasteiger charge is 2.22. The maximum absolute atomic E-state index is 5.38. The van der Waals surface area contributed by atoms with Gasteiger partial charge in [0.1, 0.15) is 0 Å². The number of nitrogens with zero attached hydrogens (tertiary/aromatic N) is 5. The standard InChI is InChI=1S/C51H34IN5/c1-52-43(44-17-9-11-29-53-44)33-46(45-18-10-12-30-54-45)55-51(52)57-48-20-8-6-16-40(48)42-32-37(24-28-50(42)57)36-23-27-49-41(31-36)39-15-5-7-19-47(39)56(49)38-25-21-35(22-26-38)34-13-3-2-4-14-34/h2-33H,1H2. The summed E-state index contributed by atoms with van der Waals surface area (Å²) >= 11 is -2.31. The monoisotopic (exact) mass is 843 g/mol. The molecule has 0 radical (unpaired) electrons. The Bertz CT molecular complexity index is 3330. The summed E-state index contributed by atoms with van der Waals surface area (Å²) in [6, 6.07) is 62.6. The molecule has 0 spiro atoms. The van der Waals surface area contributed by atoms with Gasteiger partial charge in [0.2, 0.25) is 0 Å². The fourth-order valence-corrected chi connectivity index (χ4v) is 12.0. The Morgan fingerprint density at radius 3 is 1.56 bits per heavy atom. The molecule has 270 valence electrons. The van der Waals surface area contributed by atoms with Crippen LogP contribution in [-0.4, -0.2) is 31.0 Å². The Hall–Kier alpha value is -6.90. The van der Waals surface area contributed by atoms with Crippen LogP contribution < -0.4 is 0 Å². The third-order valence-electron chi connectivity index (χ3n) is 10.9. The number of para-hydroxylation sites is 2. The molecule has 5 nitrogen and oxygen atoms in total. The Balaban J connectivity index is 1.06. The molecule has 1 aliphatic heterocycles. The van der Waals surface area contributed by atoms with Gasteiger partial charge in [-0.05, 0) is 101 Å². The van der Waals surface area contributed by atoms with E-state index < -0.39 is 18.9 Å². The largest absolute Gasteiger partial charge is 0.309 e. The molecule has 57 heavy (non-hydrogen) atoms. The predicted molar refractivity (Wildman–Crippen MR) is 249 cm³/mol. The van der Waals surface area contributed by atoms with Crippen LogP contribution in [0.15, 0.2) is 199 Å². The molecule has 0 atom stereocenters. The van der Waals surface area contributed by atoms with E-state index in [0.29, 0.717) is 0 Å². The predicted octanol–water partition coefficient (Wildman–Crippen LogP) is 12.4. The molecule has 4 aromatic heterocycles. The smallest absolute Gasteiger partial charge is 0.166 e. The molecule has 0 saturated carbocycles. The van der Waals surface area contributed by atoms with E-state index in [0.717, 1.165) is 41.2 Å². The normalized spacial score (nSPS) is 13.4. The van der Waals surface area contributed by atoms with Crippen LogP contribution in [0.2, 0.25) is 0 Å². The number of aliphatic imine (C=N–C) groups is 1. The van der Waals surface area contributed by atoms with Gasteiger partial charge in [0.25, 0.3) is 0 Å². The molecule has 0 bridgehead atoms. The number of allylic oxidation sites excluding steroid dienone is 1. The molecule has 1 aliphatic rings. The topological polar surface area (TPSA) is 48.0 Å². The lowest BCUT2D eigenvalue weighted by molar-refractivity contribution is 1.18. The van der Waals surface area contributed by atoms with Crippen molar-refractivity contribution in [2.24, 2.45) is 4.99 Å². The Morgan fingerprint density at radius 1 is 0.421 bits per heavy atom. The SMILES string of the molecule is C=I1=C(c2ccccn2)C=C(c2ccccn2)N=C1n1c2ccccc2c2cc(-c3ccc4c(c3)c3ccccc3n4-c3ccc(-c4ccccc4)cc3)ccc21. The van der Waals surface area contributed by atoms with Gasteiger partial charge in [-0.15, -0.1) is 0 Å². The van der Waals surface area contributed by atoms with Crippen LogP contribution in [0.3, 0.4) is 0 Å². The van der Waals surface area contributed by atoms with Gasteiger partial charge in [-0.25, -0.2) is 4.99 Å². The zero-order chi connectivity index (χ0) is 37.9. The van der Waals surface area contributed by atoms with Gasteiger partial charge in [0.15, 0.2) is 3.84 Å². The van der Waals surface area contributed by atoms with E-state index in [4.69, 9.17) is 19.5 Å². The zero-order valence-corrected chi connectivity index (χ0v) is 33.0. The van der Waals surface area contributed by atoms with Crippen molar-refractivity contribution < 1.29 is 0 Å². The first-order chi connectivity index (χ1) is 28.2. The van der Waals surface area contributed by atoms with Gasteiger partial charge in [-0.1, -0.05) is 127 Å². The van der Waals surface area contributed by atoms with Gasteiger partial charge >= 0.3 is 0 Å². The quantitative estimate of drug-likeness (QED) is 0.162. The minimum atomic E-state index is -2.31. The van der Waals surface area contributed by atoms with E-state index in [2.05, 4.69) is 161 Å². The van der Waals surface area contributed by atoms with Crippen LogP contribution in [0.1, 0.15) is 11.4 Å². The fourth-order valence-electron chi connectivity index (χ4n) is 8.17. The first kappa shape index (κ1) is 33.4. The molecule has 0 amide bonds. The molecule has 6 heteroatoms. The van der Waals surface area contributed by atoms with Crippen molar-refractivity contribution >= 4 is 80.0 Å². The fraction of sp³-hybridized carbons (Fsp3) is 0. The third-order valence-corrected chi connectivity index (χ3v) is 15.0. The number of hydrogen-bond acceptors (Lipinski definition) is 3. The molecule has 11 rings (SSSR count). The van der Waals surface area contributed by atoms with E-state index in [-0.39, 0.29) is 0 Å². The van der Waals surface area contributed by atoms with Crippen molar-refractivity contribution in [3.8, 4) is 27.9 Å². The van der Waals surface area contributed by atoms with Crippen LogP contribution in [0.4, 0.5) is 0 Å². The molecule has 10 aromatic rings. The number of aromatic nitrogens is 4. The van der Waals surface area contributed by atoms with Crippen molar-refractivity contribution in [1.82, 2.24) is 19.1 Å². The van der Waals surface area contributed by atoms with E-state index in [9.17, 15) is 0 Å². The average molecular weight is 844 g/mol. The number of benzene rings is 6. The Kier molecular flexibility index (Phi) is 8.03. The van der Waals surface area contributed by atoms with Crippen LogP contribution in [0.5, 0.6) is 0 Å². The van der Waals surface area contributed by atoms with Crippen molar-refractivity contribution in [2.45, 2.75) is 0 Å². The highest BCUT2D eigenvalue weighted by atomic mass is 127. The number of halogens is 1. The highest BCUT2D eigenvalue weighted by molar-refractivity contribution is 14.2. The second-order valence-electron chi connectivity index (χ2n) is 14.1. The first-order valence-electron chi connectivity index (χ1n) is 18.9. The minimum absolute atomic E-state index is 0.825. The summed E-state index contributed by atoms with van der Waals surface area (Å²) in [6.07, 6.45) is 5.83. The van der Waals surface area contributed by atoms with E-state index in [1.807, 2.05) is 42.7 Å². The number of hydrogen-bond donors (Lipinski definition) is 0. The van der Waals surface area contributed by atoms with E-state index in [1.165, 1.54) is 54.8 Å². The lowest BCUT2D eigenvalue weighted by atomic mass is 10.0. The van der Waals surface area contributed by atoms with E-state index >= 15 is 0 Å². The van der Waals surface area contributed by atoms with Gasteiger partial charge in [-0.2, -0.15) is 0 Å². The average Bonchev–Trinajstić information content (AvgIpc) is 3.79. The van der Waals surface area contributed by atoms with Gasteiger partial charge in [0, 0.05) is 43.1 Å². The molecule has 0 unspecified atom stereocenters. The van der Waals surface area contributed by atoms with Crippen LogP contribution in [0.25, 0.3) is 77.2 Å². The third kappa shape index (κ3) is 5.63. The molecule has 0 aliphatic carbocycles. The van der Waals surface area contributed by atoms with Gasteiger partial charge in [-0.3, -0.25) is 14.5 Å². The lowest BCUT2D eigenvalue weighted by Gasteiger charge is -2.18. The summed E-state index contributed by atoms with van der Waals surface area (Å²) in [7, 11) is 0. The lowest BCUT2D eigenvalue weighted by Crippen LogP contribution is -2.13. The van der Waals surface area contributed by atoms with Gasteiger partial charge < -0.3 is 4.57 Å². The van der Waals surface area contributed by atoms with E-state index in [1.54, 1.807) is 0 Å². The number of fused-ring (bicyclic) bond motifs is 6. The minimum Gasteiger partial charge on any atom is -0.309 e. The summed E-state index contributed by atoms with van der Waals surface area (Å²) in [6.45, 7) is 0. The zero-order valence-electron chi connectivity index (χ0n) is 30.8. The highest BCUT2D eigenvalue weighted by Crippen LogP contribution is 2.40. The van der Waals surface area contributed by atoms with Crippen molar-refractivity contribution in [2.75, 3.05) is 0 Å². The molecule has 0 N–H and O–H groups in total. The van der Waals surface area contributed by atoms with Crippen molar-refractivity contribution in [1.29, 1.82) is 0 Å². The second-order valence-corrected chi connectivity index (χ2v) is 18.3. The molecular weight excluding hydrogens is 809 g/mol. The number of rotatable bonds is 5. The van der Waals surface area contributed by atoms with Crippen LogP contribution in [-0.2, 0) is 0 Å². The van der Waals surface area contributed by atoms with Crippen LogP contribution >= 0.6 is 18.9 Å². The molecular formula is C51H34IN5. The maximum atomic E-state index is 5.38. The van der Waals surface area contributed by atoms with Crippen molar-refractivity contribution in [3.05, 3.63) is 206 Å². The Labute approximate surface area is 335 Å². The molecule has 0 fully saturated rings. The number of pyridine rings is 2. The molecule has 6 aromatic carbocycles. The van der Waals surface area contributed by atoms with Crippen molar-refractivity contribution in [3.63, 3.8) is 0 Å². The maximum Gasteiger partial charge on any atom is 0.166 e. The first-order valence-corrected chi connectivity index (χ1v) is 22.6. The molecule has 0 saturated heterocycles. The summed E-state index contributed by atoms with van der Waals surface area (Å²) in [5.41, 5.74) is 13.1. The second kappa shape index (κ2) is 13.7. The summed E-state index contributed by atoms with van der Waals surface area (Å²) in [5, 5.41) is 4.83. The summed E-state index contributed by atoms with van der Waals surface area (Å²) in [5.74, 6) is 0. The van der Waals surface area contributed by atoms with Crippen LogP contribution in [0, 0.1) is 0 Å². The summed E-state index contributed by atoms with van der Waals surface area (Å²) < 4.78 is 11.7. The van der Waals surface area contributed by atoms with Gasteiger partial charge in [0.05, 0.1) is 39.2 Å². The molecule has 5 heterocycles.